The van der Waals surface area contributed by atoms with Gasteiger partial charge in [0.05, 0.1) is 31.3 Å². The predicted octanol–water partition coefficient (Wildman–Crippen LogP) is 5.49. The summed E-state index contributed by atoms with van der Waals surface area (Å²) < 4.78 is 63.9. The van der Waals surface area contributed by atoms with Crippen LogP contribution in [0.5, 0.6) is 5.75 Å². The normalized spacial score (nSPS) is 14.7. The molecule has 0 radical (unpaired) electrons. The van der Waals surface area contributed by atoms with Gasteiger partial charge in [0, 0.05) is 12.2 Å². The molecule has 3 rings (SSSR count). The summed E-state index contributed by atoms with van der Waals surface area (Å²) in [5.41, 5.74) is 1.53. The molecule has 10 heteroatoms. The smallest absolute Gasteiger partial charge is 0.393 e. The summed E-state index contributed by atoms with van der Waals surface area (Å²) in [5.74, 6) is -2.01. The van der Waals surface area contributed by atoms with Gasteiger partial charge >= 0.3 is 12.1 Å². The zero-order chi connectivity index (χ0) is 25.8. The summed E-state index contributed by atoms with van der Waals surface area (Å²) in [6, 6.07) is 9.38. The van der Waals surface area contributed by atoms with Crippen LogP contribution in [0.2, 0.25) is 0 Å². The molecule has 0 saturated heterocycles. The van der Waals surface area contributed by atoms with Crippen molar-refractivity contribution in [2.45, 2.75) is 39.0 Å². The molecule has 0 unspecified atom stereocenters. The number of hydrogen-bond donors (Lipinski definition) is 1. The first-order chi connectivity index (χ1) is 16.5. The van der Waals surface area contributed by atoms with Gasteiger partial charge in [-0.15, -0.1) is 0 Å². The van der Waals surface area contributed by atoms with Crippen LogP contribution in [0, 0.1) is 13.8 Å². The molecule has 188 valence electrons. The molecule has 0 aliphatic carbocycles. The summed E-state index contributed by atoms with van der Waals surface area (Å²) >= 11 is 0. The van der Waals surface area contributed by atoms with Gasteiger partial charge in [0.2, 0.25) is 0 Å². The van der Waals surface area contributed by atoms with Crippen LogP contribution in [0.1, 0.15) is 34.3 Å². The summed E-state index contributed by atoms with van der Waals surface area (Å²) in [4.78, 5) is 27.1. The number of amides is 1. The van der Waals surface area contributed by atoms with Crippen LogP contribution < -0.4 is 15.0 Å². The molecule has 2 aromatic carbocycles. The number of benzene rings is 2. The molecular weight excluding hydrogens is 468 g/mol. The van der Waals surface area contributed by atoms with Gasteiger partial charge in [0.1, 0.15) is 11.6 Å². The molecule has 0 aromatic heterocycles. The first-order valence-corrected chi connectivity index (χ1v) is 10.9. The maximum absolute atomic E-state index is 13.7. The van der Waals surface area contributed by atoms with E-state index >= 15 is 0 Å². The number of carbonyl (C=O) groups excluding carboxylic acids is 2. The van der Waals surface area contributed by atoms with Gasteiger partial charge in [-0.3, -0.25) is 4.79 Å². The second-order valence-corrected chi connectivity index (χ2v) is 8.22. The van der Waals surface area contributed by atoms with Crippen LogP contribution in [0.4, 0.5) is 28.9 Å². The Hall–Kier alpha value is -3.56. The standard InChI is InChI=1S/C25H26F4N2O4/c1-15-6-4-7-16(2)22(15)35-21(13-25(27,28)29)23(32)30-20-10-9-18(12-19(20)24(33)34-3)31-11-5-8-17(26)14-31/h4,6-10,12,21H,5,11,13-14H2,1-3H3,(H,30,32)/t21-/m0/s1. The second kappa shape index (κ2) is 10.8. The van der Waals surface area contributed by atoms with E-state index in [4.69, 9.17) is 9.47 Å². The van der Waals surface area contributed by atoms with Crippen molar-refractivity contribution in [1.82, 2.24) is 0 Å². The predicted molar refractivity (Wildman–Crippen MR) is 123 cm³/mol. The van der Waals surface area contributed by atoms with Crippen molar-refractivity contribution in [2.24, 2.45) is 0 Å². The lowest BCUT2D eigenvalue weighted by Crippen LogP contribution is -2.37. The topological polar surface area (TPSA) is 67.9 Å². The minimum absolute atomic E-state index is 0.0175. The summed E-state index contributed by atoms with van der Waals surface area (Å²) in [6.07, 6.45) is -6.16. The Labute approximate surface area is 200 Å². The maximum atomic E-state index is 13.7. The molecule has 1 aliphatic heterocycles. The van der Waals surface area contributed by atoms with E-state index in [0.717, 1.165) is 7.11 Å². The number of ether oxygens (including phenoxy) is 2. The number of methoxy groups -OCH3 is 1. The van der Waals surface area contributed by atoms with Crippen LogP contribution >= 0.6 is 0 Å². The Morgan fingerprint density at radius 3 is 2.43 bits per heavy atom. The molecule has 1 heterocycles. The number of aryl methyl sites for hydroxylation is 2. The Morgan fingerprint density at radius 1 is 1.14 bits per heavy atom. The zero-order valence-corrected chi connectivity index (χ0v) is 19.5. The van der Waals surface area contributed by atoms with E-state index in [1.54, 1.807) is 43.0 Å². The van der Waals surface area contributed by atoms with Crippen molar-refractivity contribution < 1.29 is 36.6 Å². The van der Waals surface area contributed by atoms with Gasteiger partial charge in [-0.05, 0) is 55.7 Å². The van der Waals surface area contributed by atoms with Crippen LogP contribution in [0.3, 0.4) is 0 Å². The van der Waals surface area contributed by atoms with Gasteiger partial charge in [0.25, 0.3) is 5.91 Å². The highest BCUT2D eigenvalue weighted by molar-refractivity contribution is 6.03. The largest absolute Gasteiger partial charge is 0.480 e. The average molecular weight is 494 g/mol. The number of nitrogens with one attached hydrogen (secondary N) is 1. The molecule has 0 saturated carbocycles. The number of nitrogens with zero attached hydrogens (tertiary/aromatic N) is 1. The lowest BCUT2D eigenvalue weighted by molar-refractivity contribution is -0.158. The quantitative estimate of drug-likeness (QED) is 0.407. The molecule has 0 spiro atoms. The Bertz CT molecular complexity index is 1110. The van der Waals surface area contributed by atoms with Crippen LogP contribution in [0.25, 0.3) is 0 Å². The van der Waals surface area contributed by atoms with Crippen molar-refractivity contribution in [3.8, 4) is 5.75 Å². The van der Waals surface area contributed by atoms with Crippen molar-refractivity contribution in [1.29, 1.82) is 0 Å². The monoisotopic (exact) mass is 494 g/mol. The minimum Gasteiger partial charge on any atom is -0.480 e. The lowest BCUT2D eigenvalue weighted by Gasteiger charge is -2.27. The van der Waals surface area contributed by atoms with E-state index in [-0.39, 0.29) is 29.4 Å². The molecule has 0 fully saturated rings. The van der Waals surface area contributed by atoms with E-state index < -0.39 is 30.6 Å². The summed E-state index contributed by atoms with van der Waals surface area (Å²) in [7, 11) is 1.14. The molecule has 1 atom stereocenters. The summed E-state index contributed by atoms with van der Waals surface area (Å²) in [5, 5.41) is 2.38. The van der Waals surface area contributed by atoms with Gasteiger partial charge < -0.3 is 19.7 Å². The average Bonchev–Trinajstić information content (AvgIpc) is 2.79. The number of alkyl halides is 3. The number of anilines is 2. The molecule has 1 amide bonds. The molecule has 1 N–H and O–H groups in total. The van der Waals surface area contributed by atoms with Gasteiger partial charge in [-0.2, -0.15) is 13.2 Å². The first-order valence-electron chi connectivity index (χ1n) is 10.9. The van der Waals surface area contributed by atoms with E-state index in [1.807, 2.05) is 0 Å². The third kappa shape index (κ3) is 6.74. The van der Waals surface area contributed by atoms with Crippen molar-refractivity contribution in [3.05, 3.63) is 65.0 Å². The van der Waals surface area contributed by atoms with E-state index in [9.17, 15) is 27.2 Å². The minimum atomic E-state index is -4.68. The second-order valence-electron chi connectivity index (χ2n) is 8.22. The molecule has 6 nitrogen and oxygen atoms in total. The highest BCUT2D eigenvalue weighted by Crippen LogP contribution is 2.31. The Morgan fingerprint density at radius 2 is 1.83 bits per heavy atom. The van der Waals surface area contributed by atoms with E-state index in [1.165, 1.54) is 18.2 Å². The van der Waals surface area contributed by atoms with Crippen molar-refractivity contribution >= 4 is 23.3 Å². The van der Waals surface area contributed by atoms with Crippen molar-refractivity contribution in [2.75, 3.05) is 30.4 Å². The molecule has 2 aromatic rings. The number of para-hydroxylation sites is 1. The zero-order valence-electron chi connectivity index (χ0n) is 19.5. The van der Waals surface area contributed by atoms with Crippen LogP contribution in [0.15, 0.2) is 48.3 Å². The van der Waals surface area contributed by atoms with E-state index in [2.05, 4.69) is 5.32 Å². The van der Waals surface area contributed by atoms with Crippen LogP contribution in [-0.2, 0) is 9.53 Å². The first kappa shape index (κ1) is 26.1. The number of hydrogen-bond acceptors (Lipinski definition) is 5. The fraction of sp³-hybridized carbons (Fsp3) is 0.360. The fourth-order valence-corrected chi connectivity index (χ4v) is 3.78. The molecular formula is C25H26F4N2O4. The maximum Gasteiger partial charge on any atom is 0.393 e. The van der Waals surface area contributed by atoms with Gasteiger partial charge in [0.15, 0.2) is 6.10 Å². The third-order valence-electron chi connectivity index (χ3n) is 5.52. The highest BCUT2D eigenvalue weighted by atomic mass is 19.4. The number of carbonyl (C=O) groups is 2. The number of rotatable bonds is 7. The van der Waals surface area contributed by atoms with Crippen molar-refractivity contribution in [3.63, 3.8) is 0 Å². The third-order valence-corrected chi connectivity index (χ3v) is 5.52. The molecule has 0 bridgehead atoms. The van der Waals surface area contributed by atoms with Gasteiger partial charge in [-0.1, -0.05) is 18.2 Å². The molecule has 1 aliphatic rings. The Kier molecular flexibility index (Phi) is 8.03. The molecule has 35 heavy (non-hydrogen) atoms. The van der Waals surface area contributed by atoms with E-state index in [0.29, 0.717) is 29.8 Å². The SMILES string of the molecule is COC(=O)c1cc(N2CCC=C(F)C2)ccc1NC(=O)[C@H](CC(F)(F)F)Oc1c(C)cccc1C. The van der Waals surface area contributed by atoms with Gasteiger partial charge in [-0.25, -0.2) is 9.18 Å². The lowest BCUT2D eigenvalue weighted by atomic mass is 10.1. The highest BCUT2D eigenvalue weighted by Gasteiger charge is 2.38. The number of halogens is 4. The Balaban J connectivity index is 1.90. The van der Waals surface area contributed by atoms with Crippen LogP contribution in [-0.4, -0.2) is 44.4 Å². The fourth-order valence-electron chi connectivity index (χ4n) is 3.78. The summed E-state index contributed by atoms with van der Waals surface area (Å²) in [6.45, 7) is 3.86. The number of esters is 1.